The summed E-state index contributed by atoms with van der Waals surface area (Å²) in [6.07, 6.45) is 77.6. The van der Waals surface area contributed by atoms with Gasteiger partial charge in [-0.3, -0.25) is 14.4 Å². The molecular formula is C66H116O6. The fourth-order valence-electron chi connectivity index (χ4n) is 8.82. The van der Waals surface area contributed by atoms with Crippen molar-refractivity contribution in [3.05, 3.63) is 72.9 Å². The molecule has 0 fully saturated rings. The van der Waals surface area contributed by atoms with Gasteiger partial charge in [0.1, 0.15) is 13.2 Å². The molecule has 0 N–H and O–H groups in total. The molecule has 0 saturated carbocycles. The summed E-state index contributed by atoms with van der Waals surface area (Å²) in [5, 5.41) is 0. The standard InChI is InChI=1S/C66H116O6/c1-4-7-10-13-16-19-22-24-26-28-30-32-33-35-36-38-40-42-44-47-50-53-56-59-65(68)71-62-63(61-70-64(67)58-55-52-49-46-21-18-15-12-9-6-3)72-66(69)60-57-54-51-48-45-43-41-39-37-34-31-29-27-25-23-20-17-14-11-8-5-2/h7,10,16,19,24,26,29-32,35-36,63H,4-6,8-9,11-15,17-18,20-23,25,27-28,33-34,37-62H2,1-3H3/b10-7-,19-16-,26-24-,31-29-,32-30-,36-35-. The molecule has 0 aliphatic rings. The monoisotopic (exact) mass is 1000 g/mol. The van der Waals surface area contributed by atoms with E-state index in [0.717, 1.165) is 96.3 Å². The van der Waals surface area contributed by atoms with Crippen LogP contribution in [0.1, 0.15) is 310 Å². The van der Waals surface area contributed by atoms with Crippen LogP contribution >= 0.6 is 0 Å². The Bertz CT molecular complexity index is 1340. The largest absolute Gasteiger partial charge is 0.462 e. The smallest absolute Gasteiger partial charge is 0.306 e. The van der Waals surface area contributed by atoms with Crippen LogP contribution in [0.3, 0.4) is 0 Å². The van der Waals surface area contributed by atoms with Crippen molar-refractivity contribution in [3.8, 4) is 0 Å². The zero-order valence-corrected chi connectivity index (χ0v) is 47.7. The average Bonchev–Trinajstić information content (AvgIpc) is 3.38. The minimum Gasteiger partial charge on any atom is -0.462 e. The van der Waals surface area contributed by atoms with Gasteiger partial charge in [0, 0.05) is 19.3 Å². The lowest BCUT2D eigenvalue weighted by atomic mass is 10.1. The summed E-state index contributed by atoms with van der Waals surface area (Å²) < 4.78 is 16.9. The molecule has 0 heterocycles. The summed E-state index contributed by atoms with van der Waals surface area (Å²) in [5.74, 6) is -0.880. The van der Waals surface area contributed by atoms with Crippen molar-refractivity contribution in [1.82, 2.24) is 0 Å². The highest BCUT2D eigenvalue weighted by atomic mass is 16.6. The van der Waals surface area contributed by atoms with Crippen LogP contribution in [0.5, 0.6) is 0 Å². The van der Waals surface area contributed by atoms with Crippen molar-refractivity contribution < 1.29 is 28.6 Å². The highest BCUT2D eigenvalue weighted by Crippen LogP contribution is 2.16. The van der Waals surface area contributed by atoms with Crippen LogP contribution in [0.15, 0.2) is 72.9 Å². The number of hydrogen-bond acceptors (Lipinski definition) is 6. The third-order valence-corrected chi connectivity index (χ3v) is 13.4. The number of allylic oxidation sites excluding steroid dienone is 12. The first-order valence-electron chi connectivity index (χ1n) is 30.9. The quantitative estimate of drug-likeness (QED) is 0.0261. The van der Waals surface area contributed by atoms with Gasteiger partial charge in [0.05, 0.1) is 0 Å². The lowest BCUT2D eigenvalue weighted by Crippen LogP contribution is -2.30. The number of unbranched alkanes of at least 4 members (excludes halogenated alkanes) is 33. The van der Waals surface area contributed by atoms with Gasteiger partial charge in [-0.25, -0.2) is 0 Å². The first kappa shape index (κ1) is 68.8. The second-order valence-corrected chi connectivity index (χ2v) is 20.6. The van der Waals surface area contributed by atoms with Gasteiger partial charge in [-0.05, 0) is 89.9 Å². The molecule has 0 aromatic carbocycles. The van der Waals surface area contributed by atoms with Crippen LogP contribution in [-0.2, 0) is 28.6 Å². The van der Waals surface area contributed by atoms with E-state index in [1.165, 1.54) is 173 Å². The lowest BCUT2D eigenvalue weighted by Gasteiger charge is -2.18. The molecule has 0 amide bonds. The second kappa shape index (κ2) is 60.4. The van der Waals surface area contributed by atoms with E-state index in [1.54, 1.807) is 0 Å². The Morgan fingerprint density at radius 2 is 0.542 bits per heavy atom. The van der Waals surface area contributed by atoms with Gasteiger partial charge in [-0.15, -0.1) is 0 Å². The average molecular weight is 1010 g/mol. The molecule has 1 atom stereocenters. The zero-order chi connectivity index (χ0) is 52.2. The molecule has 0 spiro atoms. The summed E-state index contributed by atoms with van der Waals surface area (Å²) in [6, 6.07) is 0. The highest BCUT2D eigenvalue weighted by molar-refractivity contribution is 5.71. The predicted octanol–water partition coefficient (Wildman–Crippen LogP) is 20.9. The third kappa shape index (κ3) is 57.7. The minimum absolute atomic E-state index is 0.0771. The van der Waals surface area contributed by atoms with Gasteiger partial charge in [0.15, 0.2) is 6.10 Å². The van der Waals surface area contributed by atoms with Crippen LogP contribution < -0.4 is 0 Å². The highest BCUT2D eigenvalue weighted by Gasteiger charge is 2.19. The van der Waals surface area contributed by atoms with Crippen LogP contribution in [0.2, 0.25) is 0 Å². The normalized spacial score (nSPS) is 12.5. The van der Waals surface area contributed by atoms with E-state index in [4.69, 9.17) is 14.2 Å². The van der Waals surface area contributed by atoms with Crippen LogP contribution in [0.4, 0.5) is 0 Å². The molecule has 0 aliphatic carbocycles. The fraction of sp³-hybridized carbons (Fsp3) is 0.773. The lowest BCUT2D eigenvalue weighted by molar-refractivity contribution is -0.167. The summed E-state index contributed by atoms with van der Waals surface area (Å²) in [7, 11) is 0. The molecule has 0 rings (SSSR count). The molecule has 72 heavy (non-hydrogen) atoms. The van der Waals surface area contributed by atoms with Gasteiger partial charge >= 0.3 is 17.9 Å². The van der Waals surface area contributed by atoms with Crippen LogP contribution in [0.25, 0.3) is 0 Å². The summed E-state index contributed by atoms with van der Waals surface area (Å²) in [6.45, 7) is 6.53. The predicted molar refractivity (Wildman–Crippen MR) is 311 cm³/mol. The number of esters is 3. The van der Waals surface area contributed by atoms with E-state index in [2.05, 4.69) is 93.7 Å². The Kier molecular flexibility index (Phi) is 57.8. The molecule has 0 aromatic rings. The van der Waals surface area contributed by atoms with Crippen LogP contribution in [-0.4, -0.2) is 37.2 Å². The van der Waals surface area contributed by atoms with E-state index < -0.39 is 6.10 Å². The topological polar surface area (TPSA) is 78.9 Å². The molecule has 1 unspecified atom stereocenters. The summed E-state index contributed by atoms with van der Waals surface area (Å²) in [4.78, 5) is 38.2. The maximum atomic E-state index is 12.9. The van der Waals surface area contributed by atoms with E-state index in [9.17, 15) is 14.4 Å². The van der Waals surface area contributed by atoms with Crippen molar-refractivity contribution >= 4 is 17.9 Å². The number of ether oxygens (including phenoxy) is 3. The molecule has 0 bridgehead atoms. The Morgan fingerprint density at radius 1 is 0.292 bits per heavy atom. The minimum atomic E-state index is -0.780. The Balaban J connectivity index is 4.29. The molecule has 416 valence electrons. The van der Waals surface area contributed by atoms with Gasteiger partial charge < -0.3 is 14.2 Å². The van der Waals surface area contributed by atoms with E-state index in [1.807, 2.05) is 0 Å². The number of hydrogen-bond donors (Lipinski definition) is 0. The van der Waals surface area contributed by atoms with Gasteiger partial charge in [0.25, 0.3) is 0 Å². The Labute approximate surface area is 446 Å². The van der Waals surface area contributed by atoms with E-state index in [0.29, 0.717) is 19.3 Å². The Hall–Kier alpha value is -3.15. The van der Waals surface area contributed by atoms with E-state index >= 15 is 0 Å². The van der Waals surface area contributed by atoms with Crippen molar-refractivity contribution in [3.63, 3.8) is 0 Å². The van der Waals surface area contributed by atoms with Crippen molar-refractivity contribution in [2.24, 2.45) is 0 Å². The van der Waals surface area contributed by atoms with Gasteiger partial charge in [0.2, 0.25) is 0 Å². The summed E-state index contributed by atoms with van der Waals surface area (Å²) >= 11 is 0. The maximum Gasteiger partial charge on any atom is 0.306 e. The fourth-order valence-corrected chi connectivity index (χ4v) is 8.82. The zero-order valence-electron chi connectivity index (χ0n) is 47.7. The maximum absolute atomic E-state index is 12.9. The van der Waals surface area contributed by atoms with Gasteiger partial charge in [-0.2, -0.15) is 0 Å². The molecule has 0 radical (unpaired) electrons. The van der Waals surface area contributed by atoms with Crippen molar-refractivity contribution in [1.29, 1.82) is 0 Å². The Morgan fingerprint density at radius 3 is 0.861 bits per heavy atom. The molecule has 6 heteroatoms. The SMILES string of the molecule is CC/C=C\C/C=C\C/C=C\C/C=C\C/C=C\CCCCCCCCCC(=O)OCC(COC(=O)CCCCCCCCCCCC)OC(=O)CCCCCCCCCCC/C=C\CCCCCCCCCC. The first-order valence-corrected chi connectivity index (χ1v) is 30.9. The second-order valence-electron chi connectivity index (χ2n) is 20.6. The third-order valence-electron chi connectivity index (χ3n) is 13.4. The molecule has 0 aromatic heterocycles. The number of rotatable bonds is 56. The number of carbonyl (C=O) groups is 3. The van der Waals surface area contributed by atoms with Gasteiger partial charge in [-0.1, -0.05) is 273 Å². The molecule has 0 aliphatic heterocycles. The first-order chi connectivity index (χ1) is 35.5. The van der Waals surface area contributed by atoms with Crippen molar-refractivity contribution in [2.45, 2.75) is 316 Å². The van der Waals surface area contributed by atoms with Crippen molar-refractivity contribution in [2.75, 3.05) is 13.2 Å². The van der Waals surface area contributed by atoms with E-state index in [-0.39, 0.29) is 31.1 Å². The molecule has 0 saturated heterocycles. The summed E-state index contributed by atoms with van der Waals surface area (Å²) in [5.41, 5.74) is 0. The van der Waals surface area contributed by atoms with Crippen LogP contribution in [0, 0.1) is 0 Å². The number of carbonyl (C=O) groups excluding carboxylic acids is 3. The molecule has 6 nitrogen and oxygen atoms in total. The molecular weight excluding hydrogens is 889 g/mol.